The van der Waals surface area contributed by atoms with Gasteiger partial charge in [0.15, 0.2) is 5.72 Å². The summed E-state index contributed by atoms with van der Waals surface area (Å²) >= 11 is 0. The number of aryl methyl sites for hydroxylation is 2. The molecule has 1 aliphatic rings. The fourth-order valence-electron chi connectivity index (χ4n) is 4.09. The Morgan fingerprint density at radius 3 is 2.59 bits per heavy atom. The Bertz CT molecular complexity index is 1230. The molecular weight excluding hydrogens is 362 g/mol. The van der Waals surface area contributed by atoms with Crippen LogP contribution in [0.1, 0.15) is 38.3 Å². The van der Waals surface area contributed by atoms with Crippen LogP contribution in [0.4, 0.5) is 0 Å². The van der Waals surface area contributed by atoms with Gasteiger partial charge in [-0.2, -0.15) is 0 Å². The van der Waals surface area contributed by atoms with Crippen molar-refractivity contribution in [2.24, 2.45) is 0 Å². The summed E-state index contributed by atoms with van der Waals surface area (Å²) in [6.45, 7) is 4.25. The summed E-state index contributed by atoms with van der Waals surface area (Å²) in [5.41, 5.74) is 4.02. The van der Waals surface area contributed by atoms with Crippen LogP contribution >= 0.6 is 0 Å². The van der Waals surface area contributed by atoms with Gasteiger partial charge in [-0.15, -0.1) is 0 Å². The minimum atomic E-state index is -1.54. The molecule has 2 aromatic heterocycles. The highest BCUT2D eigenvalue weighted by Crippen LogP contribution is 2.43. The molecule has 0 bridgehead atoms. The lowest BCUT2D eigenvalue weighted by atomic mass is 9.91. The van der Waals surface area contributed by atoms with E-state index in [1.165, 1.54) is 4.90 Å². The summed E-state index contributed by atoms with van der Waals surface area (Å²) in [5.74, 6) is -0.196. The summed E-state index contributed by atoms with van der Waals surface area (Å²) in [4.78, 5) is 19.4. The minimum Gasteiger partial charge on any atom is -0.363 e. The zero-order chi connectivity index (χ0) is 20.2. The van der Waals surface area contributed by atoms with E-state index in [1.807, 2.05) is 85.2 Å². The smallest absolute Gasteiger partial charge is 0.257 e. The van der Waals surface area contributed by atoms with Crippen molar-refractivity contribution in [1.82, 2.24) is 14.3 Å². The fraction of sp³-hybridized carbons (Fsp3) is 0.167. The highest BCUT2D eigenvalue weighted by Gasteiger charge is 2.49. The van der Waals surface area contributed by atoms with Crippen LogP contribution in [0, 0.1) is 13.8 Å². The Morgan fingerprint density at radius 1 is 1.00 bits per heavy atom. The molecule has 5 heteroatoms. The molecule has 4 aromatic rings. The van der Waals surface area contributed by atoms with E-state index in [1.54, 1.807) is 6.07 Å². The summed E-state index contributed by atoms with van der Waals surface area (Å²) in [7, 11) is 0. The summed E-state index contributed by atoms with van der Waals surface area (Å²) in [6, 6.07) is 18.9. The normalized spacial score (nSPS) is 18.4. The number of amides is 1. The van der Waals surface area contributed by atoms with Gasteiger partial charge in [0, 0.05) is 29.1 Å². The number of benzene rings is 2. The molecule has 0 radical (unpaired) electrons. The quantitative estimate of drug-likeness (QED) is 0.585. The SMILES string of the molecule is Cc1ccc([C@@]2(O)c3ccccc3C(=O)N2Cc2cn3ccccc3n2)cc1C. The van der Waals surface area contributed by atoms with Gasteiger partial charge >= 0.3 is 0 Å². The number of nitrogens with zero attached hydrogens (tertiary/aromatic N) is 3. The van der Waals surface area contributed by atoms with Crippen LogP contribution in [-0.2, 0) is 12.3 Å². The van der Waals surface area contributed by atoms with Crippen molar-refractivity contribution in [3.05, 3.63) is 107 Å². The monoisotopic (exact) mass is 383 g/mol. The van der Waals surface area contributed by atoms with Crippen molar-refractivity contribution in [2.45, 2.75) is 26.1 Å². The van der Waals surface area contributed by atoms with Crippen LogP contribution in [0.25, 0.3) is 5.65 Å². The first-order valence-corrected chi connectivity index (χ1v) is 9.62. The van der Waals surface area contributed by atoms with Crippen LogP contribution < -0.4 is 0 Å². The van der Waals surface area contributed by atoms with Crippen molar-refractivity contribution in [2.75, 3.05) is 0 Å². The van der Waals surface area contributed by atoms with Crippen LogP contribution in [0.3, 0.4) is 0 Å². The number of carbonyl (C=O) groups excluding carboxylic acids is 1. The van der Waals surface area contributed by atoms with E-state index < -0.39 is 5.72 Å². The van der Waals surface area contributed by atoms with Crippen LogP contribution in [0.2, 0.25) is 0 Å². The van der Waals surface area contributed by atoms with Gasteiger partial charge in [0.25, 0.3) is 5.91 Å². The van der Waals surface area contributed by atoms with Gasteiger partial charge in [-0.3, -0.25) is 9.69 Å². The maximum absolute atomic E-state index is 13.3. The van der Waals surface area contributed by atoms with E-state index in [9.17, 15) is 9.90 Å². The second-order valence-corrected chi connectivity index (χ2v) is 7.61. The molecule has 3 heterocycles. The molecule has 1 atom stereocenters. The molecular formula is C24H21N3O2. The third-order valence-electron chi connectivity index (χ3n) is 5.81. The first-order chi connectivity index (χ1) is 14.0. The van der Waals surface area contributed by atoms with Crippen molar-refractivity contribution >= 4 is 11.6 Å². The number of carbonyl (C=O) groups is 1. The molecule has 1 amide bonds. The number of rotatable bonds is 3. The Hall–Kier alpha value is -3.44. The van der Waals surface area contributed by atoms with Crippen molar-refractivity contribution in [3.63, 3.8) is 0 Å². The molecule has 0 fully saturated rings. The standard InChI is InChI=1S/C24H21N3O2/c1-16-10-11-18(13-17(16)2)24(29)21-8-4-3-7-20(21)23(28)27(24)15-19-14-26-12-6-5-9-22(26)25-19/h3-14,29H,15H2,1-2H3/t24-/m1/s1. The van der Waals surface area contributed by atoms with E-state index in [2.05, 4.69) is 4.98 Å². The van der Waals surface area contributed by atoms with Crippen LogP contribution in [0.5, 0.6) is 0 Å². The first-order valence-electron chi connectivity index (χ1n) is 9.62. The maximum atomic E-state index is 13.3. The Morgan fingerprint density at radius 2 is 1.79 bits per heavy atom. The zero-order valence-electron chi connectivity index (χ0n) is 16.3. The van der Waals surface area contributed by atoms with Gasteiger partial charge in [0.1, 0.15) is 5.65 Å². The number of aromatic nitrogens is 2. The molecule has 0 saturated heterocycles. The lowest BCUT2D eigenvalue weighted by Crippen LogP contribution is -2.44. The molecule has 0 spiro atoms. The molecule has 5 rings (SSSR count). The highest BCUT2D eigenvalue weighted by molar-refractivity contribution is 6.00. The van der Waals surface area contributed by atoms with Gasteiger partial charge < -0.3 is 9.51 Å². The van der Waals surface area contributed by atoms with Crippen molar-refractivity contribution < 1.29 is 9.90 Å². The molecule has 1 aliphatic heterocycles. The number of hydrogen-bond donors (Lipinski definition) is 1. The largest absolute Gasteiger partial charge is 0.363 e. The molecule has 0 unspecified atom stereocenters. The number of fused-ring (bicyclic) bond motifs is 2. The second kappa shape index (κ2) is 6.29. The molecule has 5 nitrogen and oxygen atoms in total. The van der Waals surface area contributed by atoms with Gasteiger partial charge in [0.05, 0.1) is 12.2 Å². The molecule has 1 N–H and O–H groups in total. The van der Waals surface area contributed by atoms with E-state index in [0.717, 1.165) is 22.5 Å². The Labute approximate surface area is 168 Å². The lowest BCUT2D eigenvalue weighted by Gasteiger charge is -2.34. The average molecular weight is 383 g/mol. The predicted octanol–water partition coefficient (Wildman–Crippen LogP) is 3.80. The topological polar surface area (TPSA) is 57.8 Å². The maximum Gasteiger partial charge on any atom is 0.257 e. The molecule has 0 saturated carbocycles. The van der Waals surface area contributed by atoms with Crippen LogP contribution in [-0.4, -0.2) is 25.3 Å². The van der Waals surface area contributed by atoms with Gasteiger partial charge in [-0.1, -0.05) is 42.5 Å². The Balaban J connectivity index is 1.65. The number of aliphatic hydroxyl groups is 1. The van der Waals surface area contributed by atoms with E-state index in [0.29, 0.717) is 16.7 Å². The summed E-state index contributed by atoms with van der Waals surface area (Å²) in [6.07, 6.45) is 3.81. The van der Waals surface area contributed by atoms with Gasteiger partial charge in [0.2, 0.25) is 0 Å². The minimum absolute atomic E-state index is 0.196. The number of imidazole rings is 1. The lowest BCUT2D eigenvalue weighted by molar-refractivity contribution is -0.0547. The first kappa shape index (κ1) is 17.6. The average Bonchev–Trinajstić information content (AvgIpc) is 3.24. The Kier molecular flexibility index (Phi) is 3.83. The number of hydrogen-bond acceptors (Lipinski definition) is 3. The molecule has 29 heavy (non-hydrogen) atoms. The highest BCUT2D eigenvalue weighted by atomic mass is 16.3. The van der Waals surface area contributed by atoms with E-state index in [4.69, 9.17) is 0 Å². The van der Waals surface area contributed by atoms with E-state index >= 15 is 0 Å². The fourth-order valence-corrected chi connectivity index (χ4v) is 4.09. The van der Waals surface area contributed by atoms with Crippen molar-refractivity contribution in [1.29, 1.82) is 0 Å². The number of pyridine rings is 1. The summed E-state index contributed by atoms with van der Waals surface area (Å²) < 4.78 is 1.91. The van der Waals surface area contributed by atoms with Crippen LogP contribution in [0.15, 0.2) is 73.1 Å². The predicted molar refractivity (Wildman–Crippen MR) is 110 cm³/mol. The third kappa shape index (κ3) is 2.58. The van der Waals surface area contributed by atoms with Gasteiger partial charge in [-0.25, -0.2) is 4.98 Å². The second-order valence-electron chi connectivity index (χ2n) is 7.61. The third-order valence-corrected chi connectivity index (χ3v) is 5.81. The van der Waals surface area contributed by atoms with Crippen molar-refractivity contribution in [3.8, 4) is 0 Å². The zero-order valence-corrected chi connectivity index (χ0v) is 16.3. The molecule has 144 valence electrons. The molecule has 2 aromatic carbocycles. The van der Waals surface area contributed by atoms with E-state index in [-0.39, 0.29) is 12.5 Å². The summed E-state index contributed by atoms with van der Waals surface area (Å²) in [5, 5.41) is 12.0. The van der Waals surface area contributed by atoms with Gasteiger partial charge in [-0.05, 0) is 43.2 Å². The molecule has 0 aliphatic carbocycles.